The van der Waals surface area contributed by atoms with Crippen LogP contribution in [0.2, 0.25) is 0 Å². The first-order valence-electron chi connectivity index (χ1n) is 2.43. The summed E-state index contributed by atoms with van der Waals surface area (Å²) in [6.07, 6.45) is 0. The lowest BCUT2D eigenvalue weighted by Gasteiger charge is -1.96. The zero-order valence-electron chi connectivity index (χ0n) is 3.92. The molecule has 2 heterocycles. The SMILES string of the molecule is OC12CN1CCO2. The Labute approximate surface area is 41.5 Å². The predicted octanol–water partition coefficient (Wildman–Crippen LogP) is -1.02. The molecule has 3 nitrogen and oxygen atoms in total. The molecular formula is C4H7NO2. The highest BCUT2D eigenvalue weighted by Crippen LogP contribution is 2.34. The standard InChI is InChI=1S/C4H7NO2/c6-4-3-5(4)1-2-7-4/h6H,1-3H2. The van der Waals surface area contributed by atoms with E-state index in [1.807, 2.05) is 4.90 Å². The summed E-state index contributed by atoms with van der Waals surface area (Å²) in [5.74, 6) is -0.806. The van der Waals surface area contributed by atoms with E-state index in [2.05, 4.69) is 0 Å². The summed E-state index contributed by atoms with van der Waals surface area (Å²) in [7, 11) is 0. The van der Waals surface area contributed by atoms with Crippen LogP contribution in [-0.4, -0.2) is 35.6 Å². The maximum Gasteiger partial charge on any atom is 0.241 e. The van der Waals surface area contributed by atoms with Gasteiger partial charge in [0, 0.05) is 6.54 Å². The minimum atomic E-state index is -0.806. The van der Waals surface area contributed by atoms with Gasteiger partial charge in [0.05, 0.1) is 13.2 Å². The average Bonchev–Trinajstić information content (AvgIpc) is 2.09. The van der Waals surface area contributed by atoms with Crippen LogP contribution in [-0.2, 0) is 4.74 Å². The molecule has 0 aliphatic carbocycles. The molecule has 0 aromatic heterocycles. The second-order valence-corrected chi connectivity index (χ2v) is 2.01. The van der Waals surface area contributed by atoms with Gasteiger partial charge in [-0.15, -0.1) is 0 Å². The molecule has 2 aliphatic heterocycles. The summed E-state index contributed by atoms with van der Waals surface area (Å²) < 4.78 is 4.90. The number of ether oxygens (including phenoxy) is 1. The number of aliphatic hydroxyl groups is 1. The molecule has 2 unspecified atom stereocenters. The quantitative estimate of drug-likeness (QED) is 0.396. The second-order valence-electron chi connectivity index (χ2n) is 2.01. The molecule has 3 heteroatoms. The molecule has 2 aliphatic rings. The number of nitrogens with zero attached hydrogens (tertiary/aromatic N) is 1. The first kappa shape index (κ1) is 3.83. The molecule has 0 saturated carbocycles. The zero-order valence-corrected chi connectivity index (χ0v) is 3.92. The molecule has 0 amide bonds. The molecule has 1 N–H and O–H groups in total. The number of fused-ring (bicyclic) bond motifs is 1. The number of hydrogen-bond acceptors (Lipinski definition) is 3. The minimum Gasteiger partial charge on any atom is -0.352 e. The third kappa shape index (κ3) is 0.351. The van der Waals surface area contributed by atoms with Crippen LogP contribution in [0.3, 0.4) is 0 Å². The fourth-order valence-corrected chi connectivity index (χ4v) is 0.923. The van der Waals surface area contributed by atoms with Gasteiger partial charge in [-0.1, -0.05) is 0 Å². The van der Waals surface area contributed by atoms with E-state index < -0.39 is 5.91 Å². The molecule has 40 valence electrons. The van der Waals surface area contributed by atoms with Crippen molar-refractivity contribution in [1.82, 2.24) is 4.90 Å². The summed E-state index contributed by atoms with van der Waals surface area (Å²) in [5.41, 5.74) is 0. The van der Waals surface area contributed by atoms with Crippen LogP contribution in [0, 0.1) is 0 Å². The Hall–Kier alpha value is -0.120. The van der Waals surface area contributed by atoms with Gasteiger partial charge in [-0.05, 0) is 0 Å². The van der Waals surface area contributed by atoms with Crippen LogP contribution in [0.4, 0.5) is 0 Å². The van der Waals surface area contributed by atoms with Crippen molar-refractivity contribution in [1.29, 1.82) is 0 Å². The van der Waals surface area contributed by atoms with Crippen molar-refractivity contribution in [3.05, 3.63) is 0 Å². The molecule has 0 radical (unpaired) electrons. The van der Waals surface area contributed by atoms with Crippen LogP contribution in [0.1, 0.15) is 0 Å². The Bertz CT molecular complexity index is 104. The molecule has 2 fully saturated rings. The number of rotatable bonds is 0. The van der Waals surface area contributed by atoms with Crippen molar-refractivity contribution in [3.63, 3.8) is 0 Å². The van der Waals surface area contributed by atoms with E-state index in [0.29, 0.717) is 13.2 Å². The van der Waals surface area contributed by atoms with Gasteiger partial charge >= 0.3 is 0 Å². The van der Waals surface area contributed by atoms with Crippen molar-refractivity contribution in [2.75, 3.05) is 19.7 Å². The first-order chi connectivity index (χ1) is 3.31. The van der Waals surface area contributed by atoms with Crippen LogP contribution in [0.25, 0.3) is 0 Å². The lowest BCUT2D eigenvalue weighted by molar-refractivity contribution is -0.116. The Morgan fingerprint density at radius 3 is 2.71 bits per heavy atom. The molecule has 2 atom stereocenters. The van der Waals surface area contributed by atoms with Gasteiger partial charge in [0.25, 0.3) is 0 Å². The Morgan fingerprint density at radius 2 is 2.57 bits per heavy atom. The Balaban J connectivity index is 2.17. The van der Waals surface area contributed by atoms with E-state index in [9.17, 15) is 0 Å². The minimum absolute atomic E-state index is 0.691. The van der Waals surface area contributed by atoms with Crippen LogP contribution < -0.4 is 0 Å². The smallest absolute Gasteiger partial charge is 0.241 e. The number of hydrogen-bond donors (Lipinski definition) is 1. The van der Waals surface area contributed by atoms with Gasteiger partial charge in [0.15, 0.2) is 0 Å². The Kier molecular flexibility index (Phi) is 0.462. The van der Waals surface area contributed by atoms with Crippen LogP contribution in [0.5, 0.6) is 0 Å². The summed E-state index contributed by atoms with van der Waals surface area (Å²) in [6, 6.07) is 0. The van der Waals surface area contributed by atoms with Crippen molar-refractivity contribution in [2.24, 2.45) is 0 Å². The van der Waals surface area contributed by atoms with E-state index >= 15 is 0 Å². The fraction of sp³-hybridized carbons (Fsp3) is 1.00. The highest BCUT2D eigenvalue weighted by molar-refractivity contribution is 4.93. The van der Waals surface area contributed by atoms with Gasteiger partial charge in [-0.2, -0.15) is 0 Å². The summed E-state index contributed by atoms with van der Waals surface area (Å²) in [4.78, 5) is 1.88. The molecular weight excluding hydrogens is 94.0 g/mol. The van der Waals surface area contributed by atoms with Gasteiger partial charge in [-0.25, -0.2) is 4.90 Å². The zero-order chi connectivity index (χ0) is 4.91. The number of morpholine rings is 1. The first-order valence-corrected chi connectivity index (χ1v) is 2.43. The maximum atomic E-state index is 8.97. The van der Waals surface area contributed by atoms with Crippen molar-refractivity contribution >= 4 is 0 Å². The van der Waals surface area contributed by atoms with E-state index in [1.165, 1.54) is 0 Å². The Morgan fingerprint density at radius 1 is 1.71 bits per heavy atom. The molecule has 7 heavy (non-hydrogen) atoms. The third-order valence-corrected chi connectivity index (χ3v) is 1.48. The molecule has 0 aromatic rings. The molecule has 0 bridgehead atoms. The third-order valence-electron chi connectivity index (χ3n) is 1.48. The molecule has 0 aromatic carbocycles. The average molecular weight is 101 g/mol. The van der Waals surface area contributed by atoms with E-state index in [0.717, 1.165) is 6.54 Å². The molecule has 2 saturated heterocycles. The lowest BCUT2D eigenvalue weighted by Crippen LogP contribution is -2.11. The summed E-state index contributed by atoms with van der Waals surface area (Å²) in [6.45, 7) is 2.31. The topological polar surface area (TPSA) is 32.5 Å². The van der Waals surface area contributed by atoms with Crippen molar-refractivity contribution < 1.29 is 9.84 Å². The predicted molar refractivity (Wildman–Crippen MR) is 22.5 cm³/mol. The van der Waals surface area contributed by atoms with Crippen LogP contribution in [0.15, 0.2) is 0 Å². The van der Waals surface area contributed by atoms with Gasteiger partial charge in [-0.3, -0.25) is 0 Å². The fourth-order valence-electron chi connectivity index (χ4n) is 0.923. The van der Waals surface area contributed by atoms with Crippen molar-refractivity contribution in [2.45, 2.75) is 5.91 Å². The molecule has 2 rings (SSSR count). The normalized spacial score (nSPS) is 57.0. The lowest BCUT2D eigenvalue weighted by atomic mass is 10.7. The van der Waals surface area contributed by atoms with E-state index in [-0.39, 0.29) is 0 Å². The van der Waals surface area contributed by atoms with Gasteiger partial charge in [0.1, 0.15) is 0 Å². The second kappa shape index (κ2) is 0.844. The van der Waals surface area contributed by atoms with E-state index in [4.69, 9.17) is 9.84 Å². The molecule has 0 spiro atoms. The maximum absolute atomic E-state index is 8.97. The van der Waals surface area contributed by atoms with Crippen molar-refractivity contribution in [3.8, 4) is 0 Å². The summed E-state index contributed by atoms with van der Waals surface area (Å²) in [5, 5.41) is 8.97. The highest BCUT2D eigenvalue weighted by Gasteiger charge is 2.56. The van der Waals surface area contributed by atoms with Gasteiger partial charge < -0.3 is 9.84 Å². The highest BCUT2D eigenvalue weighted by atomic mass is 16.7. The largest absolute Gasteiger partial charge is 0.352 e. The summed E-state index contributed by atoms with van der Waals surface area (Å²) >= 11 is 0. The van der Waals surface area contributed by atoms with E-state index in [1.54, 1.807) is 0 Å². The van der Waals surface area contributed by atoms with Gasteiger partial charge in [0.2, 0.25) is 5.91 Å². The van der Waals surface area contributed by atoms with Crippen LogP contribution >= 0.6 is 0 Å². The monoisotopic (exact) mass is 101 g/mol.